The largest absolute Gasteiger partial charge is 0.352 e. The Labute approximate surface area is 144 Å². The summed E-state index contributed by atoms with van der Waals surface area (Å²) in [7, 11) is 1.73. The molecule has 0 unspecified atom stereocenters. The molecule has 0 saturated carbocycles. The number of hydrogen-bond donors (Lipinski definition) is 2. The number of thiazole rings is 1. The average Bonchev–Trinajstić information content (AvgIpc) is 2.79. The summed E-state index contributed by atoms with van der Waals surface area (Å²) in [6, 6.07) is 5.46. The van der Waals surface area contributed by atoms with Gasteiger partial charge in [-0.1, -0.05) is 29.3 Å². The molecule has 7 heteroatoms. The molecule has 4 nitrogen and oxygen atoms in total. The minimum atomic E-state index is 0.575. The molecule has 118 valence electrons. The second kappa shape index (κ2) is 7.81. The Morgan fingerprint density at radius 2 is 1.95 bits per heavy atom. The standard InChI is InChI=1S/C15H18Cl2N4S/c1-9-10(2)22-14(21-9)8-20-15(18-3)19-7-11-4-5-12(16)6-13(11)17/h4-6H,7-8H2,1-3H3,(H2,18,19,20). The van der Waals surface area contributed by atoms with Crippen molar-refractivity contribution in [2.24, 2.45) is 4.99 Å². The maximum absolute atomic E-state index is 6.16. The number of rotatable bonds is 4. The van der Waals surface area contributed by atoms with Crippen molar-refractivity contribution in [3.63, 3.8) is 0 Å². The zero-order chi connectivity index (χ0) is 16.1. The molecular weight excluding hydrogens is 339 g/mol. The van der Waals surface area contributed by atoms with E-state index < -0.39 is 0 Å². The minimum absolute atomic E-state index is 0.575. The first-order chi connectivity index (χ1) is 10.5. The number of guanidine groups is 1. The van der Waals surface area contributed by atoms with Gasteiger partial charge in [-0.15, -0.1) is 11.3 Å². The van der Waals surface area contributed by atoms with Crippen LogP contribution in [0.3, 0.4) is 0 Å². The molecule has 0 amide bonds. The Kier molecular flexibility index (Phi) is 6.06. The van der Waals surface area contributed by atoms with Gasteiger partial charge in [0.05, 0.1) is 12.2 Å². The number of hydrogen-bond acceptors (Lipinski definition) is 3. The first-order valence-corrected chi connectivity index (χ1v) is 8.38. The third kappa shape index (κ3) is 4.60. The second-order valence-corrected chi connectivity index (χ2v) is 6.90. The number of aryl methyl sites for hydroxylation is 2. The summed E-state index contributed by atoms with van der Waals surface area (Å²) in [6.07, 6.45) is 0. The van der Waals surface area contributed by atoms with Gasteiger partial charge in [0.15, 0.2) is 5.96 Å². The number of benzene rings is 1. The van der Waals surface area contributed by atoms with Crippen molar-refractivity contribution >= 4 is 40.5 Å². The van der Waals surface area contributed by atoms with Crippen LogP contribution in [0.5, 0.6) is 0 Å². The summed E-state index contributed by atoms with van der Waals surface area (Å²) in [5.41, 5.74) is 2.05. The van der Waals surface area contributed by atoms with E-state index in [1.54, 1.807) is 24.5 Å². The van der Waals surface area contributed by atoms with E-state index in [9.17, 15) is 0 Å². The molecule has 0 aliphatic carbocycles. The summed E-state index contributed by atoms with van der Waals surface area (Å²) in [6.45, 7) is 5.32. The Morgan fingerprint density at radius 3 is 2.55 bits per heavy atom. The van der Waals surface area contributed by atoms with Crippen molar-refractivity contribution in [1.82, 2.24) is 15.6 Å². The van der Waals surface area contributed by atoms with Crippen LogP contribution in [0.1, 0.15) is 21.1 Å². The van der Waals surface area contributed by atoms with Crippen LogP contribution < -0.4 is 10.6 Å². The molecule has 1 heterocycles. The van der Waals surface area contributed by atoms with E-state index >= 15 is 0 Å². The molecule has 0 fully saturated rings. The number of halogens is 2. The molecule has 0 spiro atoms. The van der Waals surface area contributed by atoms with Gasteiger partial charge in [0.25, 0.3) is 0 Å². The maximum atomic E-state index is 6.16. The van der Waals surface area contributed by atoms with E-state index in [4.69, 9.17) is 23.2 Å². The van der Waals surface area contributed by atoms with Crippen LogP contribution in [0.2, 0.25) is 10.0 Å². The van der Waals surface area contributed by atoms with E-state index in [0.29, 0.717) is 29.1 Å². The predicted molar refractivity (Wildman–Crippen MR) is 95.1 cm³/mol. The molecule has 1 aromatic carbocycles. The maximum Gasteiger partial charge on any atom is 0.191 e. The van der Waals surface area contributed by atoms with E-state index in [1.165, 1.54) is 4.88 Å². The summed E-state index contributed by atoms with van der Waals surface area (Å²) in [5, 5.41) is 8.79. The van der Waals surface area contributed by atoms with Gasteiger partial charge in [-0.3, -0.25) is 4.99 Å². The van der Waals surface area contributed by atoms with Crippen LogP contribution in [0, 0.1) is 13.8 Å². The summed E-state index contributed by atoms with van der Waals surface area (Å²) in [4.78, 5) is 9.94. The van der Waals surface area contributed by atoms with Crippen molar-refractivity contribution in [1.29, 1.82) is 0 Å². The van der Waals surface area contributed by atoms with Crippen molar-refractivity contribution < 1.29 is 0 Å². The van der Waals surface area contributed by atoms with Crippen LogP contribution in [0.15, 0.2) is 23.2 Å². The molecule has 0 saturated heterocycles. The van der Waals surface area contributed by atoms with E-state index in [-0.39, 0.29) is 0 Å². The van der Waals surface area contributed by atoms with Crippen molar-refractivity contribution in [2.45, 2.75) is 26.9 Å². The van der Waals surface area contributed by atoms with Crippen molar-refractivity contribution in [3.8, 4) is 0 Å². The molecule has 0 bridgehead atoms. The third-order valence-corrected chi connectivity index (χ3v) is 4.82. The highest BCUT2D eigenvalue weighted by Gasteiger charge is 2.06. The first-order valence-electron chi connectivity index (χ1n) is 6.81. The lowest BCUT2D eigenvalue weighted by atomic mass is 10.2. The van der Waals surface area contributed by atoms with Gasteiger partial charge in [-0.25, -0.2) is 4.98 Å². The van der Waals surface area contributed by atoms with Crippen LogP contribution in [-0.4, -0.2) is 18.0 Å². The molecule has 1 aromatic heterocycles. The van der Waals surface area contributed by atoms with Gasteiger partial charge in [0.1, 0.15) is 5.01 Å². The molecular formula is C15H18Cl2N4S. The molecule has 0 aliphatic rings. The fourth-order valence-electron chi connectivity index (χ4n) is 1.84. The minimum Gasteiger partial charge on any atom is -0.352 e. The normalized spacial score (nSPS) is 11.6. The molecule has 2 aromatic rings. The highest BCUT2D eigenvalue weighted by molar-refractivity contribution is 7.11. The van der Waals surface area contributed by atoms with Gasteiger partial charge < -0.3 is 10.6 Å². The first kappa shape index (κ1) is 17.1. The number of aliphatic imine (C=N–C) groups is 1. The smallest absolute Gasteiger partial charge is 0.191 e. The lowest BCUT2D eigenvalue weighted by Crippen LogP contribution is -2.36. The van der Waals surface area contributed by atoms with Crippen LogP contribution in [0.4, 0.5) is 0 Å². The number of aromatic nitrogens is 1. The lowest BCUT2D eigenvalue weighted by Gasteiger charge is -2.12. The zero-order valence-corrected chi connectivity index (χ0v) is 15.0. The Balaban J connectivity index is 1.90. The topological polar surface area (TPSA) is 49.3 Å². The summed E-state index contributed by atoms with van der Waals surface area (Å²) < 4.78 is 0. The highest BCUT2D eigenvalue weighted by atomic mass is 35.5. The molecule has 0 atom stereocenters. The fourth-order valence-corrected chi connectivity index (χ4v) is 3.19. The van der Waals surface area contributed by atoms with Gasteiger partial charge in [-0.05, 0) is 31.5 Å². The van der Waals surface area contributed by atoms with E-state index in [2.05, 4.69) is 27.5 Å². The SMILES string of the molecule is CN=C(NCc1nc(C)c(C)s1)NCc1ccc(Cl)cc1Cl. The molecule has 22 heavy (non-hydrogen) atoms. The van der Waals surface area contributed by atoms with Gasteiger partial charge >= 0.3 is 0 Å². The third-order valence-electron chi connectivity index (χ3n) is 3.16. The Morgan fingerprint density at radius 1 is 1.23 bits per heavy atom. The van der Waals surface area contributed by atoms with Gasteiger partial charge in [0, 0.05) is 28.5 Å². The van der Waals surface area contributed by atoms with Crippen molar-refractivity contribution in [3.05, 3.63) is 49.4 Å². The Bertz CT molecular complexity index is 663. The number of nitrogens with zero attached hydrogens (tertiary/aromatic N) is 2. The summed E-state index contributed by atoms with van der Waals surface area (Å²) in [5.74, 6) is 0.705. The van der Waals surface area contributed by atoms with Gasteiger partial charge in [-0.2, -0.15) is 0 Å². The van der Waals surface area contributed by atoms with E-state index in [1.807, 2.05) is 19.1 Å². The molecule has 2 N–H and O–H groups in total. The van der Waals surface area contributed by atoms with Gasteiger partial charge in [0.2, 0.25) is 0 Å². The predicted octanol–water partition coefficient (Wildman–Crippen LogP) is 3.93. The highest BCUT2D eigenvalue weighted by Crippen LogP contribution is 2.20. The molecule has 2 rings (SSSR count). The molecule has 0 radical (unpaired) electrons. The monoisotopic (exact) mass is 356 g/mol. The lowest BCUT2D eigenvalue weighted by molar-refractivity contribution is 0.803. The average molecular weight is 357 g/mol. The molecule has 0 aliphatic heterocycles. The van der Waals surface area contributed by atoms with Crippen LogP contribution in [0.25, 0.3) is 0 Å². The van der Waals surface area contributed by atoms with E-state index in [0.717, 1.165) is 16.3 Å². The number of nitrogens with one attached hydrogen (secondary N) is 2. The van der Waals surface area contributed by atoms with Crippen LogP contribution >= 0.6 is 34.5 Å². The van der Waals surface area contributed by atoms with Crippen molar-refractivity contribution in [2.75, 3.05) is 7.05 Å². The fraction of sp³-hybridized carbons (Fsp3) is 0.333. The van der Waals surface area contributed by atoms with Crippen LogP contribution in [-0.2, 0) is 13.1 Å². The second-order valence-electron chi connectivity index (χ2n) is 4.76. The zero-order valence-electron chi connectivity index (χ0n) is 12.7. The Hall–Kier alpha value is -1.30. The quantitative estimate of drug-likeness (QED) is 0.644. The summed E-state index contributed by atoms with van der Waals surface area (Å²) >= 11 is 13.7.